The Morgan fingerprint density at radius 2 is 1.67 bits per heavy atom. The zero-order valence-corrected chi connectivity index (χ0v) is 16.1. The lowest BCUT2D eigenvalue weighted by atomic mass is 10.0. The highest BCUT2D eigenvalue weighted by Gasteiger charge is 2.27. The summed E-state index contributed by atoms with van der Waals surface area (Å²) in [6.07, 6.45) is 2.15. The fourth-order valence-corrected chi connectivity index (χ4v) is 3.57. The molecule has 0 bridgehead atoms. The monoisotopic (exact) mass is 368 g/mol. The van der Waals surface area contributed by atoms with Gasteiger partial charge in [0.2, 0.25) is 5.91 Å². The van der Waals surface area contributed by atoms with E-state index >= 15 is 0 Å². The number of benzene rings is 2. The quantitative estimate of drug-likeness (QED) is 0.796. The highest BCUT2D eigenvalue weighted by Crippen LogP contribution is 2.26. The summed E-state index contributed by atoms with van der Waals surface area (Å²) < 4.78 is 0. The van der Waals surface area contributed by atoms with Gasteiger partial charge in [-0.2, -0.15) is 0 Å². The topological polar surface area (TPSA) is 64.0 Å². The molecule has 0 radical (unpaired) electrons. The molecule has 1 fully saturated rings. The summed E-state index contributed by atoms with van der Waals surface area (Å²) >= 11 is 0. The number of phenolic OH excluding ortho intramolecular Hbond substituents is 2. The fourth-order valence-electron chi connectivity index (χ4n) is 3.57. The van der Waals surface area contributed by atoms with E-state index in [4.69, 9.17) is 0 Å². The first-order valence-corrected chi connectivity index (χ1v) is 9.47. The minimum atomic E-state index is -0.190. The molecule has 1 saturated heterocycles. The predicted molar refractivity (Wildman–Crippen MR) is 106 cm³/mol. The van der Waals surface area contributed by atoms with Gasteiger partial charge in [-0.05, 0) is 63.2 Å². The highest BCUT2D eigenvalue weighted by atomic mass is 16.3. The molecule has 0 saturated carbocycles. The summed E-state index contributed by atoms with van der Waals surface area (Å²) in [5, 5.41) is 19.2. The summed E-state index contributed by atoms with van der Waals surface area (Å²) in [4.78, 5) is 17.4. The van der Waals surface area contributed by atoms with Crippen molar-refractivity contribution in [2.75, 3.05) is 20.1 Å². The summed E-state index contributed by atoms with van der Waals surface area (Å²) in [6.45, 7) is 4.63. The second-order valence-corrected chi connectivity index (χ2v) is 7.54. The molecule has 27 heavy (non-hydrogen) atoms. The van der Waals surface area contributed by atoms with Gasteiger partial charge in [-0.3, -0.25) is 4.79 Å². The van der Waals surface area contributed by atoms with Crippen LogP contribution in [0.1, 0.15) is 29.5 Å². The van der Waals surface area contributed by atoms with Crippen molar-refractivity contribution in [3.63, 3.8) is 0 Å². The lowest BCUT2D eigenvalue weighted by Crippen LogP contribution is -2.46. The Labute approximate surface area is 160 Å². The second kappa shape index (κ2) is 8.44. The van der Waals surface area contributed by atoms with Crippen LogP contribution in [0.2, 0.25) is 0 Å². The highest BCUT2D eigenvalue weighted by molar-refractivity contribution is 5.79. The van der Waals surface area contributed by atoms with Gasteiger partial charge in [-0.15, -0.1) is 0 Å². The van der Waals surface area contributed by atoms with Crippen LogP contribution in [0.5, 0.6) is 11.5 Å². The molecule has 2 aromatic rings. The van der Waals surface area contributed by atoms with Crippen molar-refractivity contribution in [1.29, 1.82) is 0 Å². The van der Waals surface area contributed by atoms with Crippen LogP contribution in [-0.4, -0.2) is 52.1 Å². The van der Waals surface area contributed by atoms with Gasteiger partial charge in [0.1, 0.15) is 0 Å². The predicted octanol–water partition coefficient (Wildman–Crippen LogP) is 3.07. The zero-order chi connectivity index (χ0) is 19.4. The van der Waals surface area contributed by atoms with Crippen molar-refractivity contribution in [1.82, 2.24) is 9.80 Å². The molecule has 0 spiro atoms. The number of likely N-dealkylation sites (tertiary alicyclic amines) is 1. The third-order valence-corrected chi connectivity index (χ3v) is 5.32. The number of nitrogens with zero attached hydrogens (tertiary/aromatic N) is 2. The first kappa shape index (κ1) is 19.2. The number of rotatable bonds is 5. The van der Waals surface area contributed by atoms with Gasteiger partial charge in [0, 0.05) is 12.6 Å². The molecule has 3 rings (SSSR count). The average molecular weight is 368 g/mol. The van der Waals surface area contributed by atoms with Crippen molar-refractivity contribution in [2.24, 2.45) is 0 Å². The Hall–Kier alpha value is -2.53. The zero-order valence-electron chi connectivity index (χ0n) is 16.1. The maximum Gasteiger partial charge on any atom is 0.227 e. The van der Waals surface area contributed by atoms with Gasteiger partial charge >= 0.3 is 0 Å². The second-order valence-electron chi connectivity index (χ2n) is 7.54. The van der Waals surface area contributed by atoms with Crippen molar-refractivity contribution in [2.45, 2.75) is 38.8 Å². The van der Waals surface area contributed by atoms with Gasteiger partial charge in [-0.1, -0.05) is 35.9 Å². The molecular formula is C22H28N2O3. The first-order chi connectivity index (χ1) is 12.9. The molecule has 1 amide bonds. The molecule has 0 aliphatic carbocycles. The number of carbonyl (C=O) groups is 1. The maximum absolute atomic E-state index is 13.1. The molecule has 5 heteroatoms. The van der Waals surface area contributed by atoms with Gasteiger partial charge < -0.3 is 20.0 Å². The fraction of sp³-hybridized carbons (Fsp3) is 0.409. The van der Waals surface area contributed by atoms with Crippen LogP contribution >= 0.6 is 0 Å². The van der Waals surface area contributed by atoms with Gasteiger partial charge in [0.25, 0.3) is 0 Å². The number of hydrogen-bond donors (Lipinski definition) is 2. The number of piperidine rings is 1. The van der Waals surface area contributed by atoms with E-state index in [9.17, 15) is 15.0 Å². The molecule has 0 atom stereocenters. The minimum absolute atomic E-state index is 0.0511. The Bertz CT molecular complexity index is 781. The summed E-state index contributed by atoms with van der Waals surface area (Å²) in [6, 6.07) is 13.1. The Morgan fingerprint density at radius 1 is 1.04 bits per heavy atom. The molecule has 0 unspecified atom stereocenters. The van der Waals surface area contributed by atoms with Crippen LogP contribution in [-0.2, 0) is 17.8 Å². The van der Waals surface area contributed by atoms with Crippen LogP contribution in [0.4, 0.5) is 0 Å². The Kier molecular flexibility index (Phi) is 6.01. The normalized spacial score (nSPS) is 15.6. The number of amides is 1. The first-order valence-electron chi connectivity index (χ1n) is 9.47. The number of aryl methyl sites for hydroxylation is 1. The summed E-state index contributed by atoms with van der Waals surface area (Å²) in [7, 11) is 2.11. The van der Waals surface area contributed by atoms with E-state index in [1.165, 1.54) is 17.7 Å². The molecular weight excluding hydrogens is 340 g/mol. The van der Waals surface area contributed by atoms with Crippen LogP contribution in [0, 0.1) is 6.92 Å². The molecule has 1 aliphatic heterocycles. The minimum Gasteiger partial charge on any atom is -0.504 e. The molecule has 1 heterocycles. The van der Waals surface area contributed by atoms with Crippen molar-refractivity contribution in [3.05, 3.63) is 59.2 Å². The van der Waals surface area contributed by atoms with E-state index < -0.39 is 0 Å². The molecule has 0 aromatic heterocycles. The summed E-state index contributed by atoms with van der Waals surface area (Å²) in [5.74, 6) is -0.307. The van der Waals surface area contributed by atoms with Crippen LogP contribution in [0.15, 0.2) is 42.5 Å². The molecule has 5 nitrogen and oxygen atoms in total. The van der Waals surface area contributed by atoms with Crippen molar-refractivity contribution in [3.8, 4) is 11.5 Å². The maximum atomic E-state index is 13.1. The molecule has 2 N–H and O–H groups in total. The van der Waals surface area contributed by atoms with Crippen LogP contribution in [0.25, 0.3) is 0 Å². The largest absolute Gasteiger partial charge is 0.504 e. The van der Waals surface area contributed by atoms with Gasteiger partial charge in [0.05, 0.1) is 6.42 Å². The van der Waals surface area contributed by atoms with E-state index in [0.717, 1.165) is 31.5 Å². The average Bonchev–Trinajstić information content (AvgIpc) is 2.65. The van der Waals surface area contributed by atoms with E-state index in [-0.39, 0.29) is 29.9 Å². The lowest BCUT2D eigenvalue weighted by Gasteiger charge is -2.37. The van der Waals surface area contributed by atoms with Crippen molar-refractivity contribution < 1.29 is 15.0 Å². The summed E-state index contributed by atoms with van der Waals surface area (Å²) in [5.41, 5.74) is 3.04. The Morgan fingerprint density at radius 3 is 2.30 bits per heavy atom. The number of phenols is 2. The third-order valence-electron chi connectivity index (χ3n) is 5.32. The molecule has 2 aromatic carbocycles. The van der Waals surface area contributed by atoms with E-state index in [0.29, 0.717) is 12.1 Å². The molecule has 1 aliphatic rings. The smallest absolute Gasteiger partial charge is 0.227 e. The lowest BCUT2D eigenvalue weighted by molar-refractivity contribution is -0.134. The molecule has 144 valence electrons. The van der Waals surface area contributed by atoms with Gasteiger partial charge in [0.15, 0.2) is 11.5 Å². The number of aromatic hydroxyl groups is 2. The van der Waals surface area contributed by atoms with Crippen LogP contribution < -0.4 is 0 Å². The van der Waals surface area contributed by atoms with E-state index in [2.05, 4.69) is 43.1 Å². The van der Waals surface area contributed by atoms with Gasteiger partial charge in [-0.25, -0.2) is 0 Å². The number of carbonyl (C=O) groups excluding carboxylic acids is 1. The van der Waals surface area contributed by atoms with E-state index in [1.54, 1.807) is 6.07 Å². The van der Waals surface area contributed by atoms with Crippen LogP contribution in [0.3, 0.4) is 0 Å². The Balaban J connectivity index is 1.77. The van der Waals surface area contributed by atoms with Crippen molar-refractivity contribution >= 4 is 5.91 Å². The SMILES string of the molecule is Cc1ccc(CN(C(=O)Cc2ccc(O)c(O)c2)C2CCN(C)CC2)cc1. The van der Waals surface area contributed by atoms with E-state index in [1.807, 2.05) is 4.90 Å². The standard InChI is InChI=1S/C22H28N2O3/c1-16-3-5-17(6-4-16)15-24(19-9-11-23(2)12-10-19)22(27)14-18-7-8-20(25)21(26)13-18/h3-8,13,19,25-26H,9-12,14-15H2,1-2H3. The third kappa shape index (κ3) is 5.01. The number of hydrogen-bond acceptors (Lipinski definition) is 4.